The molecule has 1 heterocycles. The van der Waals surface area contributed by atoms with Gasteiger partial charge in [-0.1, -0.05) is 31.9 Å². The molecule has 0 saturated carbocycles. The minimum Gasteiger partial charge on any atom is -0.481 e. The van der Waals surface area contributed by atoms with Crippen molar-refractivity contribution in [1.82, 2.24) is 15.0 Å². The summed E-state index contributed by atoms with van der Waals surface area (Å²) in [5, 5.41) is 16.8. The van der Waals surface area contributed by atoms with Gasteiger partial charge in [-0.05, 0) is 12.8 Å². The molecule has 0 radical (unpaired) electrons. The second-order valence-corrected chi connectivity index (χ2v) is 3.88. The fraction of sp³-hybridized carbons (Fsp3) is 0.727. The largest absolute Gasteiger partial charge is 0.481 e. The molecule has 0 aromatic carbocycles. The molecule has 1 N–H and O–H groups in total. The van der Waals surface area contributed by atoms with Crippen molar-refractivity contribution in [2.45, 2.75) is 52.5 Å². The van der Waals surface area contributed by atoms with Crippen LogP contribution in [0.2, 0.25) is 0 Å². The molecular formula is C11H19N3O2. The van der Waals surface area contributed by atoms with Gasteiger partial charge in [0.2, 0.25) is 0 Å². The first-order valence-electron chi connectivity index (χ1n) is 5.82. The van der Waals surface area contributed by atoms with E-state index < -0.39 is 5.97 Å². The first kappa shape index (κ1) is 12.7. The molecule has 0 aliphatic rings. The lowest BCUT2D eigenvalue weighted by molar-refractivity contribution is -0.136. The van der Waals surface area contributed by atoms with Gasteiger partial charge in [0.15, 0.2) is 0 Å². The molecule has 0 atom stereocenters. The number of carboxylic acids is 1. The van der Waals surface area contributed by atoms with Crippen molar-refractivity contribution >= 4 is 5.97 Å². The Morgan fingerprint density at radius 1 is 1.38 bits per heavy atom. The van der Waals surface area contributed by atoms with E-state index in [1.165, 1.54) is 0 Å². The summed E-state index contributed by atoms with van der Waals surface area (Å²) in [5.41, 5.74) is 1.60. The fourth-order valence-electron chi connectivity index (χ4n) is 1.65. The average Bonchev–Trinajstić information content (AvgIpc) is 2.59. The van der Waals surface area contributed by atoms with Crippen molar-refractivity contribution in [1.29, 1.82) is 0 Å². The molecule has 1 aromatic heterocycles. The van der Waals surface area contributed by atoms with E-state index in [9.17, 15) is 4.79 Å². The van der Waals surface area contributed by atoms with Gasteiger partial charge in [0.25, 0.3) is 0 Å². The maximum atomic E-state index is 10.7. The van der Waals surface area contributed by atoms with Crippen LogP contribution in [-0.4, -0.2) is 26.1 Å². The Bertz CT molecular complexity index is 347. The molecule has 0 spiro atoms. The van der Waals surface area contributed by atoms with Crippen LogP contribution in [0.5, 0.6) is 0 Å². The molecule has 90 valence electrons. The first-order chi connectivity index (χ1) is 7.69. The highest BCUT2D eigenvalue weighted by atomic mass is 16.4. The molecule has 5 nitrogen and oxygen atoms in total. The minimum absolute atomic E-state index is 0.0263. The third kappa shape index (κ3) is 3.32. The van der Waals surface area contributed by atoms with E-state index in [1.807, 2.05) is 4.68 Å². The van der Waals surface area contributed by atoms with Crippen LogP contribution in [0.1, 0.15) is 44.5 Å². The zero-order valence-corrected chi connectivity index (χ0v) is 9.94. The topological polar surface area (TPSA) is 68.0 Å². The lowest BCUT2D eigenvalue weighted by Gasteiger charge is -2.05. The summed E-state index contributed by atoms with van der Waals surface area (Å²) < 4.78 is 1.85. The molecule has 0 amide bonds. The van der Waals surface area contributed by atoms with Gasteiger partial charge in [0.1, 0.15) is 0 Å². The Morgan fingerprint density at radius 3 is 2.69 bits per heavy atom. The minimum atomic E-state index is -0.847. The predicted molar refractivity (Wildman–Crippen MR) is 60.3 cm³/mol. The number of nitrogens with zero attached hydrogens (tertiary/aromatic N) is 3. The fourth-order valence-corrected chi connectivity index (χ4v) is 1.65. The van der Waals surface area contributed by atoms with Crippen molar-refractivity contribution < 1.29 is 9.90 Å². The number of aliphatic carboxylic acids is 1. The summed E-state index contributed by atoms with van der Waals surface area (Å²) in [6.07, 6.45) is 3.94. The van der Waals surface area contributed by atoms with Gasteiger partial charge < -0.3 is 5.11 Å². The number of hydrogen-bond acceptors (Lipinski definition) is 3. The van der Waals surface area contributed by atoms with E-state index in [2.05, 4.69) is 24.2 Å². The lowest BCUT2D eigenvalue weighted by Crippen LogP contribution is -2.08. The van der Waals surface area contributed by atoms with E-state index in [0.717, 1.165) is 37.9 Å². The van der Waals surface area contributed by atoms with E-state index >= 15 is 0 Å². The lowest BCUT2D eigenvalue weighted by atomic mass is 10.1. The number of hydrogen-bond donors (Lipinski definition) is 1. The number of unbranched alkanes of at least 4 members (excludes halogenated alkanes) is 1. The normalized spacial score (nSPS) is 10.6. The molecule has 0 bridgehead atoms. The number of aryl methyl sites for hydroxylation is 1. The number of rotatable bonds is 7. The van der Waals surface area contributed by atoms with Gasteiger partial charge in [-0.25, -0.2) is 4.68 Å². The Hall–Kier alpha value is -1.39. The van der Waals surface area contributed by atoms with Gasteiger partial charge in [-0.15, -0.1) is 5.10 Å². The first-order valence-corrected chi connectivity index (χ1v) is 5.82. The predicted octanol–water partition coefficient (Wildman–Crippen LogP) is 1.66. The Labute approximate surface area is 95.5 Å². The molecular weight excluding hydrogens is 206 g/mol. The molecule has 0 aliphatic carbocycles. The highest BCUT2D eigenvalue weighted by Gasteiger charge is 2.14. The molecule has 0 unspecified atom stereocenters. The van der Waals surface area contributed by atoms with E-state index in [4.69, 9.17) is 5.11 Å². The van der Waals surface area contributed by atoms with Gasteiger partial charge in [0, 0.05) is 6.54 Å². The third-order valence-corrected chi connectivity index (χ3v) is 2.45. The van der Waals surface area contributed by atoms with Gasteiger partial charge >= 0.3 is 5.97 Å². The van der Waals surface area contributed by atoms with Crippen LogP contribution >= 0.6 is 0 Å². The third-order valence-electron chi connectivity index (χ3n) is 2.45. The van der Waals surface area contributed by atoms with Crippen LogP contribution in [0.25, 0.3) is 0 Å². The maximum absolute atomic E-state index is 10.7. The summed E-state index contributed by atoms with van der Waals surface area (Å²) in [5.74, 6) is -0.847. The summed E-state index contributed by atoms with van der Waals surface area (Å²) in [7, 11) is 0. The van der Waals surface area contributed by atoms with Crippen molar-refractivity contribution in [2.24, 2.45) is 0 Å². The molecule has 1 rings (SSSR count). The van der Waals surface area contributed by atoms with Crippen LogP contribution in [0.4, 0.5) is 0 Å². The van der Waals surface area contributed by atoms with Gasteiger partial charge in [-0.3, -0.25) is 4.79 Å². The van der Waals surface area contributed by atoms with Crippen LogP contribution in [0, 0.1) is 0 Å². The van der Waals surface area contributed by atoms with E-state index in [1.54, 1.807) is 0 Å². The molecule has 5 heteroatoms. The Kier molecular flexibility index (Phi) is 4.95. The SMILES string of the molecule is CCCCn1nnc(CC(=O)O)c1CCC. The zero-order chi connectivity index (χ0) is 12.0. The van der Waals surface area contributed by atoms with Gasteiger partial charge in [-0.2, -0.15) is 0 Å². The number of carbonyl (C=O) groups is 1. The quantitative estimate of drug-likeness (QED) is 0.766. The summed E-state index contributed by atoms with van der Waals surface area (Å²) in [6.45, 7) is 5.02. The maximum Gasteiger partial charge on any atom is 0.309 e. The second kappa shape index (κ2) is 6.25. The smallest absolute Gasteiger partial charge is 0.309 e. The molecule has 16 heavy (non-hydrogen) atoms. The molecule has 1 aromatic rings. The summed E-state index contributed by atoms with van der Waals surface area (Å²) >= 11 is 0. The standard InChI is InChI=1S/C11H19N3O2/c1-3-5-7-14-10(6-4-2)9(12-13-14)8-11(15)16/h3-8H2,1-2H3,(H,15,16). The van der Waals surface area contributed by atoms with Crippen molar-refractivity contribution in [3.8, 4) is 0 Å². The number of carboxylic acid groups (broad SMARTS) is 1. The monoisotopic (exact) mass is 225 g/mol. The molecule has 0 aliphatic heterocycles. The summed E-state index contributed by atoms with van der Waals surface area (Å²) in [4.78, 5) is 10.7. The summed E-state index contributed by atoms with van der Waals surface area (Å²) in [6, 6.07) is 0. The van der Waals surface area contributed by atoms with E-state index in [-0.39, 0.29) is 6.42 Å². The van der Waals surface area contributed by atoms with Crippen molar-refractivity contribution in [2.75, 3.05) is 0 Å². The van der Waals surface area contributed by atoms with Crippen LogP contribution in [0.15, 0.2) is 0 Å². The second-order valence-electron chi connectivity index (χ2n) is 3.88. The highest BCUT2D eigenvalue weighted by molar-refractivity contribution is 5.69. The average molecular weight is 225 g/mol. The Balaban J connectivity index is 2.82. The molecule has 0 fully saturated rings. The zero-order valence-electron chi connectivity index (χ0n) is 9.94. The van der Waals surface area contributed by atoms with Crippen LogP contribution in [0.3, 0.4) is 0 Å². The highest BCUT2D eigenvalue weighted by Crippen LogP contribution is 2.10. The van der Waals surface area contributed by atoms with Gasteiger partial charge in [0.05, 0.1) is 17.8 Å². The van der Waals surface area contributed by atoms with Crippen molar-refractivity contribution in [3.63, 3.8) is 0 Å². The molecule has 0 saturated heterocycles. The van der Waals surface area contributed by atoms with Crippen molar-refractivity contribution in [3.05, 3.63) is 11.4 Å². The van der Waals surface area contributed by atoms with E-state index in [0.29, 0.717) is 5.69 Å². The Morgan fingerprint density at radius 2 is 2.12 bits per heavy atom. The van der Waals surface area contributed by atoms with Crippen LogP contribution < -0.4 is 0 Å². The number of aromatic nitrogens is 3. The van der Waals surface area contributed by atoms with Crippen LogP contribution in [-0.2, 0) is 24.2 Å².